The van der Waals surface area contributed by atoms with Gasteiger partial charge in [0.25, 0.3) is 0 Å². The molecule has 1 N–H and O–H groups in total. The number of alkyl halides is 6. The molecule has 1 aromatic heterocycles. The SMILES string of the molecule is Cc1c(-c2ccc(OC(F)(F)F)cc2)c(C(=O)O)n(Cc2ccccc2)c1CC(F)(F)F. The summed E-state index contributed by atoms with van der Waals surface area (Å²) in [6, 6.07) is 12.7. The van der Waals surface area contributed by atoms with Crippen LogP contribution in [0, 0.1) is 6.92 Å². The standard InChI is InChI=1S/C22H17F6NO3/c1-13-17(11-21(23,24)25)29(12-14-5-3-2-4-6-14)19(20(30)31)18(13)15-7-9-16(10-8-15)32-22(26,27)28/h2-10H,11-12H2,1H3,(H,30,31). The molecule has 3 rings (SSSR count). The van der Waals surface area contributed by atoms with Crippen molar-refractivity contribution in [3.05, 3.63) is 77.1 Å². The van der Waals surface area contributed by atoms with Crippen LogP contribution in [0.3, 0.4) is 0 Å². The number of halogens is 6. The van der Waals surface area contributed by atoms with Crippen LogP contribution in [0.2, 0.25) is 0 Å². The maximum atomic E-state index is 13.3. The molecule has 0 saturated heterocycles. The van der Waals surface area contributed by atoms with Gasteiger partial charge < -0.3 is 14.4 Å². The van der Waals surface area contributed by atoms with E-state index in [1.807, 2.05) is 0 Å². The number of benzene rings is 2. The molecule has 10 heteroatoms. The summed E-state index contributed by atoms with van der Waals surface area (Å²) in [6.45, 7) is 1.24. The normalized spacial score (nSPS) is 12.1. The zero-order chi connectivity index (χ0) is 23.7. The van der Waals surface area contributed by atoms with E-state index in [9.17, 15) is 36.2 Å². The number of hydrogen-bond acceptors (Lipinski definition) is 2. The summed E-state index contributed by atoms with van der Waals surface area (Å²) in [5.41, 5.74) is 0.226. The van der Waals surface area contributed by atoms with E-state index in [0.717, 1.165) is 16.7 Å². The van der Waals surface area contributed by atoms with Gasteiger partial charge in [0, 0.05) is 17.8 Å². The Morgan fingerprint density at radius 1 is 0.969 bits per heavy atom. The number of rotatable bonds is 6. The fourth-order valence-electron chi connectivity index (χ4n) is 3.55. The van der Waals surface area contributed by atoms with Gasteiger partial charge in [-0.2, -0.15) is 13.2 Å². The van der Waals surface area contributed by atoms with Crippen LogP contribution in [0.1, 0.15) is 27.3 Å². The Hall–Kier alpha value is -3.43. The molecule has 0 fully saturated rings. The Morgan fingerprint density at radius 2 is 1.56 bits per heavy atom. The molecule has 0 saturated carbocycles. The van der Waals surface area contributed by atoms with Gasteiger partial charge in [-0.15, -0.1) is 13.2 Å². The van der Waals surface area contributed by atoms with Crippen molar-refractivity contribution in [2.75, 3.05) is 0 Å². The Kier molecular flexibility index (Phi) is 6.25. The number of carboxylic acids is 1. The smallest absolute Gasteiger partial charge is 0.477 e. The highest BCUT2D eigenvalue weighted by Crippen LogP contribution is 2.37. The maximum absolute atomic E-state index is 13.3. The largest absolute Gasteiger partial charge is 0.573 e. The second kappa shape index (κ2) is 8.60. The zero-order valence-corrected chi connectivity index (χ0v) is 16.6. The Labute approximate surface area is 178 Å². The van der Waals surface area contributed by atoms with Crippen molar-refractivity contribution in [1.82, 2.24) is 4.57 Å². The van der Waals surface area contributed by atoms with Gasteiger partial charge in [-0.05, 0) is 35.7 Å². The Morgan fingerprint density at radius 3 is 2.06 bits per heavy atom. The molecular formula is C22H17F6NO3. The molecule has 0 atom stereocenters. The third-order valence-electron chi connectivity index (χ3n) is 4.77. The van der Waals surface area contributed by atoms with Crippen LogP contribution in [0.5, 0.6) is 5.75 Å². The van der Waals surface area contributed by atoms with Crippen molar-refractivity contribution in [3.63, 3.8) is 0 Å². The molecular weight excluding hydrogens is 440 g/mol. The number of hydrogen-bond donors (Lipinski definition) is 1. The van der Waals surface area contributed by atoms with E-state index in [2.05, 4.69) is 4.74 Å². The lowest BCUT2D eigenvalue weighted by Gasteiger charge is -2.14. The maximum Gasteiger partial charge on any atom is 0.573 e. The van der Waals surface area contributed by atoms with Crippen LogP contribution in [-0.2, 0) is 13.0 Å². The minimum absolute atomic E-state index is 0.00578. The van der Waals surface area contributed by atoms with Crippen LogP contribution >= 0.6 is 0 Å². The van der Waals surface area contributed by atoms with Crippen molar-refractivity contribution in [1.29, 1.82) is 0 Å². The highest BCUT2D eigenvalue weighted by atomic mass is 19.4. The zero-order valence-electron chi connectivity index (χ0n) is 16.6. The van der Waals surface area contributed by atoms with Gasteiger partial charge in [-0.3, -0.25) is 0 Å². The van der Waals surface area contributed by atoms with E-state index in [1.165, 1.54) is 19.1 Å². The van der Waals surface area contributed by atoms with Gasteiger partial charge in [0.05, 0.1) is 6.42 Å². The second-order valence-corrected chi connectivity index (χ2v) is 7.04. The summed E-state index contributed by atoms with van der Waals surface area (Å²) in [5, 5.41) is 9.85. The molecule has 0 radical (unpaired) electrons. The predicted octanol–water partition coefficient (Wildman–Crippen LogP) is 6.21. The minimum atomic E-state index is -4.91. The molecule has 1 heterocycles. The van der Waals surface area contributed by atoms with E-state index >= 15 is 0 Å². The van der Waals surface area contributed by atoms with E-state index in [-0.39, 0.29) is 34.6 Å². The second-order valence-electron chi connectivity index (χ2n) is 7.04. The first kappa shape index (κ1) is 23.2. The predicted molar refractivity (Wildman–Crippen MR) is 104 cm³/mol. The lowest BCUT2D eigenvalue weighted by atomic mass is 10.00. The third-order valence-corrected chi connectivity index (χ3v) is 4.77. The van der Waals surface area contributed by atoms with Gasteiger partial charge in [0.2, 0.25) is 0 Å². The first-order valence-electron chi connectivity index (χ1n) is 9.28. The number of ether oxygens (including phenoxy) is 1. The summed E-state index contributed by atoms with van der Waals surface area (Å²) < 4.78 is 82.1. The van der Waals surface area contributed by atoms with Gasteiger partial charge >= 0.3 is 18.5 Å². The first-order chi connectivity index (χ1) is 14.9. The molecule has 32 heavy (non-hydrogen) atoms. The van der Waals surface area contributed by atoms with E-state index in [4.69, 9.17) is 0 Å². The summed E-state index contributed by atoms with van der Waals surface area (Å²) in [6.07, 6.45) is -10.9. The number of nitrogens with zero attached hydrogens (tertiary/aromatic N) is 1. The quantitative estimate of drug-likeness (QED) is 0.448. The van der Waals surface area contributed by atoms with Gasteiger partial charge in [-0.1, -0.05) is 42.5 Å². The third kappa shape index (κ3) is 5.43. The van der Waals surface area contributed by atoms with Crippen LogP contribution < -0.4 is 4.74 Å². The fraction of sp³-hybridized carbons (Fsp3) is 0.227. The molecule has 0 bridgehead atoms. The van der Waals surface area contributed by atoms with Gasteiger partial charge in [0.15, 0.2) is 0 Å². The summed E-state index contributed by atoms with van der Waals surface area (Å²) in [5.74, 6) is -1.99. The van der Waals surface area contributed by atoms with E-state index < -0.39 is 30.7 Å². The van der Waals surface area contributed by atoms with Gasteiger partial charge in [-0.25, -0.2) is 4.79 Å². The molecule has 0 aliphatic rings. The van der Waals surface area contributed by atoms with Crippen molar-refractivity contribution < 1.29 is 41.0 Å². The molecule has 0 amide bonds. The van der Waals surface area contributed by atoms with Crippen LogP contribution in [0.4, 0.5) is 26.3 Å². The number of carbonyl (C=O) groups is 1. The number of carboxylic acid groups (broad SMARTS) is 1. The molecule has 4 nitrogen and oxygen atoms in total. The Balaban J connectivity index is 2.17. The van der Waals surface area contributed by atoms with Crippen molar-refractivity contribution in [2.24, 2.45) is 0 Å². The number of aromatic nitrogens is 1. The fourth-order valence-corrected chi connectivity index (χ4v) is 3.55. The van der Waals surface area contributed by atoms with Gasteiger partial charge in [0.1, 0.15) is 11.4 Å². The molecule has 2 aromatic carbocycles. The summed E-state index contributed by atoms with van der Waals surface area (Å²) >= 11 is 0. The lowest BCUT2D eigenvalue weighted by molar-refractivity contribution is -0.274. The molecule has 0 spiro atoms. The Bertz CT molecular complexity index is 1100. The number of aromatic carboxylic acids is 1. The van der Waals surface area contributed by atoms with Crippen LogP contribution in [0.25, 0.3) is 11.1 Å². The topological polar surface area (TPSA) is 51.5 Å². The molecule has 0 aliphatic heterocycles. The molecule has 0 aliphatic carbocycles. The van der Waals surface area contributed by atoms with Crippen molar-refractivity contribution in [3.8, 4) is 16.9 Å². The molecule has 3 aromatic rings. The average Bonchev–Trinajstić information content (AvgIpc) is 2.93. The van der Waals surface area contributed by atoms with E-state index in [0.29, 0.717) is 5.56 Å². The summed E-state index contributed by atoms with van der Waals surface area (Å²) in [7, 11) is 0. The van der Waals surface area contributed by atoms with Crippen LogP contribution in [-0.4, -0.2) is 28.2 Å². The van der Waals surface area contributed by atoms with E-state index in [1.54, 1.807) is 30.3 Å². The van der Waals surface area contributed by atoms with Crippen molar-refractivity contribution in [2.45, 2.75) is 32.4 Å². The average molecular weight is 457 g/mol. The lowest BCUT2D eigenvalue weighted by Crippen LogP contribution is -2.19. The molecule has 0 unspecified atom stereocenters. The molecule has 170 valence electrons. The van der Waals surface area contributed by atoms with Crippen molar-refractivity contribution >= 4 is 5.97 Å². The minimum Gasteiger partial charge on any atom is -0.477 e. The summed E-state index contributed by atoms with van der Waals surface area (Å²) in [4.78, 5) is 12.1. The first-order valence-corrected chi connectivity index (χ1v) is 9.28. The monoisotopic (exact) mass is 457 g/mol. The highest BCUT2D eigenvalue weighted by molar-refractivity contribution is 5.96. The van der Waals surface area contributed by atoms with Crippen LogP contribution in [0.15, 0.2) is 54.6 Å². The highest BCUT2D eigenvalue weighted by Gasteiger charge is 2.35.